The summed E-state index contributed by atoms with van der Waals surface area (Å²) in [5.41, 5.74) is 0.980. The van der Waals surface area contributed by atoms with Crippen LogP contribution in [0.1, 0.15) is 37.0 Å². The van der Waals surface area contributed by atoms with Gasteiger partial charge in [0.05, 0.1) is 18.3 Å². The molecule has 0 fully saturated rings. The van der Waals surface area contributed by atoms with Crippen LogP contribution in [-0.2, 0) is 9.59 Å². The summed E-state index contributed by atoms with van der Waals surface area (Å²) in [6.07, 6.45) is 0.732. The standard InChI is InChI=1S/C17H22N2O5/c1-3-13(9-20)18-16(22)6-7-19-14-8-12(11(2)21)4-5-15(14)24-10-17(19)23/h4-5,8,13,20H,3,6-7,9-10H2,1-2H3,(H,18,22). The third-order valence-corrected chi connectivity index (χ3v) is 3.95. The molecule has 1 aliphatic rings. The molecule has 0 radical (unpaired) electrons. The minimum absolute atomic E-state index is 0.0950. The zero-order chi connectivity index (χ0) is 17.7. The first kappa shape index (κ1) is 17.9. The monoisotopic (exact) mass is 334 g/mol. The van der Waals surface area contributed by atoms with Crippen molar-refractivity contribution in [2.45, 2.75) is 32.7 Å². The molecule has 24 heavy (non-hydrogen) atoms. The van der Waals surface area contributed by atoms with Gasteiger partial charge in [0.15, 0.2) is 12.4 Å². The molecule has 0 aromatic heterocycles. The van der Waals surface area contributed by atoms with Crippen LogP contribution < -0.4 is 15.0 Å². The number of benzene rings is 1. The molecule has 0 aliphatic carbocycles. The molecule has 130 valence electrons. The van der Waals surface area contributed by atoms with Gasteiger partial charge < -0.3 is 20.1 Å². The summed E-state index contributed by atoms with van der Waals surface area (Å²) in [4.78, 5) is 37.1. The molecule has 0 spiro atoms. The number of anilines is 1. The lowest BCUT2D eigenvalue weighted by molar-refractivity contribution is -0.122. The van der Waals surface area contributed by atoms with Gasteiger partial charge in [0.1, 0.15) is 5.75 Å². The predicted molar refractivity (Wildman–Crippen MR) is 88.2 cm³/mol. The second-order valence-electron chi connectivity index (χ2n) is 5.68. The number of carbonyl (C=O) groups is 3. The molecule has 2 N–H and O–H groups in total. The maximum Gasteiger partial charge on any atom is 0.265 e. The Kier molecular flexibility index (Phi) is 5.92. The van der Waals surface area contributed by atoms with E-state index in [0.29, 0.717) is 23.4 Å². The van der Waals surface area contributed by atoms with Crippen LogP contribution in [0.25, 0.3) is 0 Å². The molecular formula is C17H22N2O5. The number of rotatable bonds is 7. The minimum Gasteiger partial charge on any atom is -0.482 e. The summed E-state index contributed by atoms with van der Waals surface area (Å²) in [5, 5.41) is 11.8. The molecule has 1 unspecified atom stereocenters. The summed E-state index contributed by atoms with van der Waals surface area (Å²) >= 11 is 0. The minimum atomic E-state index is -0.283. The highest BCUT2D eigenvalue weighted by atomic mass is 16.5. The van der Waals surface area contributed by atoms with E-state index >= 15 is 0 Å². The van der Waals surface area contributed by atoms with Crippen LogP contribution in [0.2, 0.25) is 0 Å². The first-order valence-corrected chi connectivity index (χ1v) is 7.94. The van der Waals surface area contributed by atoms with E-state index in [2.05, 4.69) is 5.32 Å². The van der Waals surface area contributed by atoms with Gasteiger partial charge in [-0.3, -0.25) is 14.4 Å². The molecule has 0 saturated heterocycles. The van der Waals surface area contributed by atoms with Gasteiger partial charge in [0, 0.05) is 18.5 Å². The molecule has 1 heterocycles. The third kappa shape index (κ3) is 4.11. The normalized spacial score (nSPS) is 14.6. The van der Waals surface area contributed by atoms with E-state index < -0.39 is 0 Å². The molecule has 0 bridgehead atoms. The van der Waals surface area contributed by atoms with Crippen molar-refractivity contribution in [3.8, 4) is 5.75 Å². The second kappa shape index (κ2) is 7.92. The second-order valence-corrected chi connectivity index (χ2v) is 5.68. The van der Waals surface area contributed by atoms with Crippen molar-refractivity contribution < 1.29 is 24.2 Å². The van der Waals surface area contributed by atoms with E-state index in [1.807, 2.05) is 6.92 Å². The van der Waals surface area contributed by atoms with Gasteiger partial charge in [-0.2, -0.15) is 0 Å². The van der Waals surface area contributed by atoms with Crippen molar-refractivity contribution in [3.05, 3.63) is 23.8 Å². The first-order chi connectivity index (χ1) is 11.5. The van der Waals surface area contributed by atoms with Crippen LogP contribution in [-0.4, -0.2) is 48.5 Å². The van der Waals surface area contributed by atoms with Gasteiger partial charge in [-0.1, -0.05) is 6.92 Å². The summed E-state index contributed by atoms with van der Waals surface area (Å²) in [6, 6.07) is 4.63. The quantitative estimate of drug-likeness (QED) is 0.722. The fourth-order valence-corrected chi connectivity index (χ4v) is 2.46. The molecule has 1 aromatic rings. The van der Waals surface area contributed by atoms with Crippen LogP contribution in [0.15, 0.2) is 18.2 Å². The molecule has 7 heteroatoms. The summed E-state index contributed by atoms with van der Waals surface area (Å²) < 4.78 is 5.37. The fourth-order valence-electron chi connectivity index (χ4n) is 2.46. The van der Waals surface area contributed by atoms with Gasteiger partial charge in [0.25, 0.3) is 5.91 Å². The van der Waals surface area contributed by atoms with Gasteiger partial charge in [0.2, 0.25) is 5.91 Å². The van der Waals surface area contributed by atoms with E-state index in [-0.39, 0.29) is 49.8 Å². The van der Waals surface area contributed by atoms with Crippen molar-refractivity contribution in [3.63, 3.8) is 0 Å². The van der Waals surface area contributed by atoms with E-state index in [1.54, 1.807) is 18.2 Å². The van der Waals surface area contributed by atoms with Crippen LogP contribution in [0.3, 0.4) is 0 Å². The highest BCUT2D eigenvalue weighted by Crippen LogP contribution is 2.33. The van der Waals surface area contributed by atoms with Crippen molar-refractivity contribution in [2.75, 3.05) is 24.7 Å². The van der Waals surface area contributed by atoms with Crippen LogP contribution in [0.5, 0.6) is 5.75 Å². The zero-order valence-corrected chi connectivity index (χ0v) is 13.9. The van der Waals surface area contributed by atoms with Crippen molar-refractivity contribution in [2.24, 2.45) is 0 Å². The Bertz CT molecular complexity index is 640. The Morgan fingerprint density at radius 2 is 2.17 bits per heavy atom. The van der Waals surface area contributed by atoms with E-state index in [9.17, 15) is 14.4 Å². The number of aliphatic hydroxyl groups excluding tert-OH is 1. The summed E-state index contributed by atoms with van der Waals surface area (Å²) in [5.74, 6) is -0.0892. The number of carbonyl (C=O) groups excluding carboxylic acids is 3. The van der Waals surface area contributed by atoms with E-state index in [4.69, 9.17) is 9.84 Å². The Labute approximate surface area is 140 Å². The SMILES string of the molecule is CCC(CO)NC(=O)CCN1C(=O)COc2ccc(C(C)=O)cc21. The average molecular weight is 334 g/mol. The highest BCUT2D eigenvalue weighted by molar-refractivity contribution is 6.01. The summed E-state index contributed by atoms with van der Waals surface area (Å²) in [6.45, 7) is 3.28. The van der Waals surface area contributed by atoms with E-state index in [0.717, 1.165) is 0 Å². The van der Waals surface area contributed by atoms with Gasteiger partial charge >= 0.3 is 0 Å². The maximum atomic E-state index is 12.1. The summed E-state index contributed by atoms with van der Waals surface area (Å²) in [7, 11) is 0. The zero-order valence-electron chi connectivity index (χ0n) is 13.9. The largest absolute Gasteiger partial charge is 0.482 e. The number of nitrogens with one attached hydrogen (secondary N) is 1. The Morgan fingerprint density at radius 3 is 2.79 bits per heavy atom. The lowest BCUT2D eigenvalue weighted by Crippen LogP contribution is -2.43. The average Bonchev–Trinajstić information content (AvgIpc) is 2.58. The topological polar surface area (TPSA) is 95.9 Å². The maximum absolute atomic E-state index is 12.1. The van der Waals surface area contributed by atoms with E-state index in [1.165, 1.54) is 11.8 Å². The fraction of sp³-hybridized carbons (Fsp3) is 0.471. The van der Waals surface area contributed by atoms with Crippen LogP contribution >= 0.6 is 0 Å². The molecule has 1 aliphatic heterocycles. The van der Waals surface area contributed by atoms with Crippen molar-refractivity contribution >= 4 is 23.3 Å². The molecule has 1 atom stereocenters. The predicted octanol–water partition coefficient (Wildman–Crippen LogP) is 0.892. The van der Waals surface area contributed by atoms with Gasteiger partial charge in [-0.05, 0) is 31.5 Å². The Hall–Kier alpha value is -2.41. The molecule has 2 rings (SSSR count). The molecular weight excluding hydrogens is 312 g/mol. The van der Waals surface area contributed by atoms with Gasteiger partial charge in [-0.15, -0.1) is 0 Å². The lowest BCUT2D eigenvalue weighted by Gasteiger charge is -2.29. The highest BCUT2D eigenvalue weighted by Gasteiger charge is 2.26. The van der Waals surface area contributed by atoms with Crippen LogP contribution in [0.4, 0.5) is 5.69 Å². The Balaban J connectivity index is 2.10. The molecule has 2 amide bonds. The number of ketones is 1. The number of hydrogen-bond acceptors (Lipinski definition) is 5. The van der Waals surface area contributed by atoms with Crippen molar-refractivity contribution in [1.29, 1.82) is 0 Å². The number of Topliss-reactive ketones (excluding diaryl/α,β-unsaturated/α-hetero) is 1. The molecule has 7 nitrogen and oxygen atoms in total. The smallest absolute Gasteiger partial charge is 0.265 e. The number of nitrogens with zero attached hydrogens (tertiary/aromatic N) is 1. The third-order valence-electron chi connectivity index (χ3n) is 3.95. The number of amides is 2. The number of ether oxygens (including phenoxy) is 1. The number of aliphatic hydroxyl groups is 1. The molecule has 1 aromatic carbocycles. The first-order valence-electron chi connectivity index (χ1n) is 7.94. The Morgan fingerprint density at radius 1 is 1.42 bits per heavy atom. The lowest BCUT2D eigenvalue weighted by atomic mass is 10.1. The van der Waals surface area contributed by atoms with Crippen LogP contribution in [0, 0.1) is 0 Å². The number of fused-ring (bicyclic) bond motifs is 1. The van der Waals surface area contributed by atoms with Crippen molar-refractivity contribution in [1.82, 2.24) is 5.32 Å². The van der Waals surface area contributed by atoms with Gasteiger partial charge in [-0.25, -0.2) is 0 Å². The molecule has 0 saturated carbocycles. The number of hydrogen-bond donors (Lipinski definition) is 2.